The van der Waals surface area contributed by atoms with Gasteiger partial charge in [-0.3, -0.25) is 14.6 Å². The fourth-order valence-corrected chi connectivity index (χ4v) is 3.25. The predicted octanol–water partition coefficient (Wildman–Crippen LogP) is 4.04. The maximum Gasteiger partial charge on any atom is 0.255 e. The van der Waals surface area contributed by atoms with Crippen LogP contribution in [0.25, 0.3) is 0 Å². The van der Waals surface area contributed by atoms with Gasteiger partial charge < -0.3 is 15.0 Å². The summed E-state index contributed by atoms with van der Waals surface area (Å²) in [4.78, 5) is 30.4. The Morgan fingerprint density at radius 3 is 2.79 bits per heavy atom. The SMILES string of the molecule is O=C(Nc1cccc(N2CCCC2=O)c1)c1cccc(OCc2cccnc2)c1. The number of rotatable bonds is 6. The summed E-state index contributed by atoms with van der Waals surface area (Å²) in [5.41, 5.74) is 2.90. The van der Waals surface area contributed by atoms with Crippen LogP contribution in [-0.2, 0) is 11.4 Å². The quantitative estimate of drug-likeness (QED) is 0.693. The summed E-state index contributed by atoms with van der Waals surface area (Å²) in [7, 11) is 0. The van der Waals surface area contributed by atoms with Crippen LogP contribution in [0.2, 0.25) is 0 Å². The Morgan fingerprint density at radius 1 is 1.10 bits per heavy atom. The summed E-state index contributed by atoms with van der Waals surface area (Å²) in [5.74, 6) is 0.492. The van der Waals surface area contributed by atoms with Gasteiger partial charge in [-0.2, -0.15) is 0 Å². The molecule has 0 radical (unpaired) electrons. The van der Waals surface area contributed by atoms with Crippen LogP contribution < -0.4 is 15.0 Å². The molecule has 1 aliphatic heterocycles. The van der Waals surface area contributed by atoms with Gasteiger partial charge in [0.15, 0.2) is 0 Å². The number of hydrogen-bond acceptors (Lipinski definition) is 4. The third kappa shape index (κ3) is 4.60. The topological polar surface area (TPSA) is 71.5 Å². The molecule has 2 aromatic carbocycles. The van der Waals surface area contributed by atoms with Crippen molar-refractivity contribution in [2.75, 3.05) is 16.8 Å². The van der Waals surface area contributed by atoms with Crippen molar-refractivity contribution in [1.29, 1.82) is 0 Å². The monoisotopic (exact) mass is 387 g/mol. The number of benzene rings is 2. The van der Waals surface area contributed by atoms with E-state index in [-0.39, 0.29) is 11.8 Å². The highest BCUT2D eigenvalue weighted by Crippen LogP contribution is 2.25. The van der Waals surface area contributed by atoms with Crippen LogP contribution in [0.5, 0.6) is 5.75 Å². The van der Waals surface area contributed by atoms with Crippen molar-refractivity contribution in [3.8, 4) is 5.75 Å². The van der Waals surface area contributed by atoms with Crippen molar-refractivity contribution in [1.82, 2.24) is 4.98 Å². The van der Waals surface area contributed by atoms with Crippen LogP contribution >= 0.6 is 0 Å². The van der Waals surface area contributed by atoms with Crippen LogP contribution in [0.15, 0.2) is 73.1 Å². The van der Waals surface area contributed by atoms with Gasteiger partial charge in [-0.1, -0.05) is 18.2 Å². The first-order valence-corrected chi connectivity index (χ1v) is 9.52. The number of carbonyl (C=O) groups is 2. The van der Waals surface area contributed by atoms with Gasteiger partial charge in [0.05, 0.1) is 0 Å². The second-order valence-electron chi connectivity index (χ2n) is 6.83. The number of ether oxygens (including phenoxy) is 1. The Morgan fingerprint density at radius 2 is 2.00 bits per heavy atom. The Hall–Kier alpha value is -3.67. The van der Waals surface area contributed by atoms with E-state index in [0.717, 1.165) is 17.7 Å². The number of hydrogen-bond donors (Lipinski definition) is 1. The summed E-state index contributed by atoms with van der Waals surface area (Å²) >= 11 is 0. The van der Waals surface area contributed by atoms with Gasteiger partial charge in [0.1, 0.15) is 12.4 Å². The summed E-state index contributed by atoms with van der Waals surface area (Å²) < 4.78 is 5.77. The maximum atomic E-state index is 12.7. The predicted molar refractivity (Wildman–Crippen MR) is 111 cm³/mol. The van der Waals surface area contributed by atoms with E-state index < -0.39 is 0 Å². The fraction of sp³-hybridized carbons (Fsp3) is 0.174. The van der Waals surface area contributed by atoms with Gasteiger partial charge in [0, 0.05) is 47.9 Å². The molecule has 1 aromatic heterocycles. The van der Waals surface area contributed by atoms with E-state index in [1.165, 1.54) is 0 Å². The number of pyridine rings is 1. The first-order chi connectivity index (χ1) is 14.2. The zero-order valence-corrected chi connectivity index (χ0v) is 15.9. The van der Waals surface area contributed by atoms with Crippen LogP contribution in [0.4, 0.5) is 11.4 Å². The molecule has 0 spiro atoms. The largest absolute Gasteiger partial charge is 0.489 e. The van der Waals surface area contributed by atoms with E-state index in [4.69, 9.17) is 4.74 Å². The van der Waals surface area contributed by atoms with Gasteiger partial charge in [0.2, 0.25) is 5.91 Å². The third-order valence-corrected chi connectivity index (χ3v) is 4.71. The fourth-order valence-electron chi connectivity index (χ4n) is 3.25. The van der Waals surface area contributed by atoms with Gasteiger partial charge in [0.25, 0.3) is 5.91 Å². The zero-order chi connectivity index (χ0) is 20.1. The molecule has 29 heavy (non-hydrogen) atoms. The van der Waals surface area contributed by atoms with Crippen molar-refractivity contribution in [3.63, 3.8) is 0 Å². The van der Waals surface area contributed by atoms with Gasteiger partial charge in [-0.15, -0.1) is 0 Å². The summed E-state index contributed by atoms with van der Waals surface area (Å²) in [5, 5.41) is 2.90. The molecule has 0 aliphatic carbocycles. The minimum absolute atomic E-state index is 0.118. The molecule has 1 aliphatic rings. The van der Waals surface area contributed by atoms with Crippen molar-refractivity contribution in [2.24, 2.45) is 0 Å². The van der Waals surface area contributed by atoms with Gasteiger partial charge in [-0.05, 0) is 48.9 Å². The van der Waals surface area contributed by atoms with E-state index in [1.807, 2.05) is 42.5 Å². The standard InChI is InChI=1S/C23H21N3O3/c27-22-10-4-12-26(22)20-8-2-7-19(14-20)25-23(28)18-6-1-9-21(13-18)29-16-17-5-3-11-24-15-17/h1-3,5-9,11,13-15H,4,10,12,16H2,(H,25,28). The zero-order valence-electron chi connectivity index (χ0n) is 15.9. The van der Waals surface area contributed by atoms with E-state index >= 15 is 0 Å². The number of carbonyl (C=O) groups excluding carboxylic acids is 2. The lowest BCUT2D eigenvalue weighted by atomic mass is 10.2. The highest BCUT2D eigenvalue weighted by atomic mass is 16.5. The minimum atomic E-state index is -0.235. The molecule has 1 fully saturated rings. The average Bonchev–Trinajstić information content (AvgIpc) is 3.19. The molecule has 6 nitrogen and oxygen atoms in total. The highest BCUT2D eigenvalue weighted by molar-refractivity contribution is 6.05. The second-order valence-corrected chi connectivity index (χ2v) is 6.83. The first-order valence-electron chi connectivity index (χ1n) is 9.52. The Bertz CT molecular complexity index is 1020. The Balaban J connectivity index is 1.43. The molecular weight excluding hydrogens is 366 g/mol. The number of nitrogens with zero attached hydrogens (tertiary/aromatic N) is 2. The maximum absolute atomic E-state index is 12.7. The molecule has 146 valence electrons. The molecule has 4 rings (SSSR count). The van der Waals surface area contributed by atoms with E-state index in [2.05, 4.69) is 10.3 Å². The Labute approximate surface area is 169 Å². The first kappa shape index (κ1) is 18.7. The lowest BCUT2D eigenvalue weighted by Gasteiger charge is -2.17. The van der Waals surface area contributed by atoms with Crippen molar-refractivity contribution in [3.05, 3.63) is 84.2 Å². The van der Waals surface area contributed by atoms with E-state index in [0.29, 0.717) is 36.6 Å². The van der Waals surface area contributed by atoms with Crippen LogP contribution in [-0.4, -0.2) is 23.3 Å². The van der Waals surface area contributed by atoms with E-state index in [1.54, 1.807) is 35.5 Å². The highest BCUT2D eigenvalue weighted by Gasteiger charge is 2.21. The minimum Gasteiger partial charge on any atom is -0.489 e. The van der Waals surface area contributed by atoms with Gasteiger partial charge in [-0.25, -0.2) is 0 Å². The Kier molecular flexibility index (Phi) is 5.52. The summed E-state index contributed by atoms with van der Waals surface area (Å²) in [6.45, 7) is 1.09. The lowest BCUT2D eigenvalue weighted by Crippen LogP contribution is -2.23. The molecule has 3 aromatic rings. The van der Waals surface area contributed by atoms with Crippen molar-refractivity contribution in [2.45, 2.75) is 19.4 Å². The normalized spacial score (nSPS) is 13.4. The molecule has 1 saturated heterocycles. The third-order valence-electron chi connectivity index (χ3n) is 4.71. The van der Waals surface area contributed by atoms with Crippen LogP contribution in [0.1, 0.15) is 28.8 Å². The number of anilines is 2. The molecule has 0 atom stereocenters. The molecular formula is C23H21N3O3. The van der Waals surface area contributed by atoms with Crippen LogP contribution in [0.3, 0.4) is 0 Å². The molecule has 2 amide bonds. The number of aromatic nitrogens is 1. The number of nitrogens with one attached hydrogen (secondary N) is 1. The van der Waals surface area contributed by atoms with Gasteiger partial charge >= 0.3 is 0 Å². The van der Waals surface area contributed by atoms with Crippen LogP contribution in [0, 0.1) is 0 Å². The lowest BCUT2D eigenvalue weighted by molar-refractivity contribution is -0.117. The van der Waals surface area contributed by atoms with Crippen molar-refractivity contribution < 1.29 is 14.3 Å². The molecule has 1 N–H and O–H groups in total. The molecule has 6 heteroatoms. The smallest absolute Gasteiger partial charge is 0.255 e. The van der Waals surface area contributed by atoms with Crippen molar-refractivity contribution >= 4 is 23.2 Å². The number of amides is 2. The summed E-state index contributed by atoms with van der Waals surface area (Å²) in [6, 6.07) is 18.2. The average molecular weight is 387 g/mol. The molecule has 2 heterocycles. The van der Waals surface area contributed by atoms with E-state index in [9.17, 15) is 9.59 Å². The summed E-state index contributed by atoms with van der Waals surface area (Å²) in [6.07, 6.45) is 4.89. The molecule has 0 saturated carbocycles. The molecule has 0 unspecified atom stereocenters. The second kappa shape index (κ2) is 8.56. The molecule has 0 bridgehead atoms.